The van der Waals surface area contributed by atoms with E-state index in [1.165, 1.54) is 60.1 Å². The van der Waals surface area contributed by atoms with E-state index in [0.29, 0.717) is 0 Å². The van der Waals surface area contributed by atoms with Crippen LogP contribution in [0.15, 0.2) is 217 Å². The van der Waals surface area contributed by atoms with Crippen molar-refractivity contribution in [2.24, 2.45) is 0 Å². The molecule has 1 heterocycles. The molecule has 0 fully saturated rings. The zero-order valence-corrected chi connectivity index (χ0v) is 30.6. The summed E-state index contributed by atoms with van der Waals surface area (Å²) in [6, 6.07) is 76.5. The SMILES string of the molecule is c1ccc(-c2cccc3cccc(-c4ccccc4N(c4ccc(-c5cccc6c5ccc5ccccc56)cc4)c4ccc5c(c4)oc4ccccc45)c23)cc1. The van der Waals surface area contributed by atoms with Gasteiger partial charge in [-0.1, -0.05) is 170 Å². The molecule has 0 N–H and O–H groups in total. The molecule has 0 saturated heterocycles. The van der Waals surface area contributed by atoms with Gasteiger partial charge in [0.25, 0.3) is 0 Å². The molecule has 0 bridgehead atoms. The Labute approximate surface area is 325 Å². The number of para-hydroxylation sites is 2. The summed E-state index contributed by atoms with van der Waals surface area (Å²) in [6.07, 6.45) is 0. The first-order valence-corrected chi connectivity index (χ1v) is 19.2. The number of anilines is 3. The van der Waals surface area contributed by atoms with Gasteiger partial charge in [-0.2, -0.15) is 0 Å². The number of hydrogen-bond acceptors (Lipinski definition) is 2. The molecule has 0 aliphatic rings. The third-order valence-corrected chi connectivity index (χ3v) is 11.3. The molecule has 0 saturated carbocycles. The van der Waals surface area contributed by atoms with Gasteiger partial charge in [-0.15, -0.1) is 0 Å². The number of rotatable bonds is 6. The van der Waals surface area contributed by atoms with Gasteiger partial charge in [0.05, 0.1) is 5.69 Å². The van der Waals surface area contributed by atoms with Gasteiger partial charge in [-0.3, -0.25) is 0 Å². The molecule has 0 aliphatic carbocycles. The molecule has 11 rings (SSSR count). The van der Waals surface area contributed by atoms with Crippen LogP contribution in [0.1, 0.15) is 0 Å². The maximum absolute atomic E-state index is 6.47. The Kier molecular flexibility index (Phi) is 7.53. The lowest BCUT2D eigenvalue weighted by atomic mass is 9.90. The molecular formula is C54H35NO. The second-order valence-corrected chi connectivity index (χ2v) is 14.4. The van der Waals surface area contributed by atoms with Gasteiger partial charge in [0.1, 0.15) is 11.2 Å². The molecule has 2 nitrogen and oxygen atoms in total. The van der Waals surface area contributed by atoms with Crippen LogP contribution in [0.3, 0.4) is 0 Å². The first kappa shape index (κ1) is 32.0. The summed E-state index contributed by atoms with van der Waals surface area (Å²) in [5, 5.41) is 9.73. The van der Waals surface area contributed by atoms with Crippen molar-refractivity contribution in [1.29, 1.82) is 0 Å². The molecule has 10 aromatic carbocycles. The molecule has 56 heavy (non-hydrogen) atoms. The number of hydrogen-bond donors (Lipinski definition) is 0. The summed E-state index contributed by atoms with van der Waals surface area (Å²) in [6.45, 7) is 0. The molecule has 0 unspecified atom stereocenters. The predicted molar refractivity (Wildman–Crippen MR) is 237 cm³/mol. The lowest BCUT2D eigenvalue weighted by Gasteiger charge is -2.28. The van der Waals surface area contributed by atoms with Gasteiger partial charge in [-0.25, -0.2) is 0 Å². The molecule has 0 radical (unpaired) electrons. The maximum Gasteiger partial charge on any atom is 0.137 e. The van der Waals surface area contributed by atoms with Crippen molar-refractivity contribution in [2.45, 2.75) is 0 Å². The van der Waals surface area contributed by atoms with E-state index in [1.54, 1.807) is 0 Å². The van der Waals surface area contributed by atoms with E-state index in [1.807, 2.05) is 12.1 Å². The molecular weight excluding hydrogens is 679 g/mol. The fourth-order valence-electron chi connectivity index (χ4n) is 8.68. The van der Waals surface area contributed by atoms with Crippen molar-refractivity contribution >= 4 is 71.3 Å². The summed E-state index contributed by atoms with van der Waals surface area (Å²) in [5.41, 5.74) is 12.1. The quantitative estimate of drug-likeness (QED) is 0.160. The van der Waals surface area contributed by atoms with Crippen LogP contribution in [-0.2, 0) is 0 Å². The van der Waals surface area contributed by atoms with Crippen LogP contribution in [0.2, 0.25) is 0 Å². The highest BCUT2D eigenvalue weighted by Crippen LogP contribution is 2.46. The van der Waals surface area contributed by atoms with Crippen LogP contribution in [-0.4, -0.2) is 0 Å². The van der Waals surface area contributed by atoms with Crippen molar-refractivity contribution in [3.05, 3.63) is 212 Å². The topological polar surface area (TPSA) is 16.4 Å². The molecule has 0 amide bonds. The molecule has 0 spiro atoms. The fraction of sp³-hybridized carbons (Fsp3) is 0. The van der Waals surface area contributed by atoms with E-state index in [2.05, 4.69) is 205 Å². The van der Waals surface area contributed by atoms with Crippen molar-refractivity contribution < 1.29 is 4.42 Å². The molecule has 1 aromatic heterocycles. The summed E-state index contributed by atoms with van der Waals surface area (Å²) >= 11 is 0. The van der Waals surface area contributed by atoms with E-state index < -0.39 is 0 Å². The van der Waals surface area contributed by atoms with Gasteiger partial charge >= 0.3 is 0 Å². The smallest absolute Gasteiger partial charge is 0.137 e. The van der Waals surface area contributed by atoms with E-state index in [9.17, 15) is 0 Å². The second-order valence-electron chi connectivity index (χ2n) is 14.4. The average molecular weight is 714 g/mol. The van der Waals surface area contributed by atoms with Crippen LogP contribution in [0.25, 0.3) is 87.6 Å². The number of benzene rings is 10. The Balaban J connectivity index is 1.11. The summed E-state index contributed by atoms with van der Waals surface area (Å²) in [7, 11) is 0. The Morgan fingerprint density at radius 2 is 0.893 bits per heavy atom. The third kappa shape index (κ3) is 5.26. The van der Waals surface area contributed by atoms with Gasteiger partial charge < -0.3 is 9.32 Å². The summed E-state index contributed by atoms with van der Waals surface area (Å²) < 4.78 is 6.47. The summed E-state index contributed by atoms with van der Waals surface area (Å²) in [5.74, 6) is 0. The van der Waals surface area contributed by atoms with Crippen LogP contribution >= 0.6 is 0 Å². The van der Waals surface area contributed by atoms with Crippen molar-refractivity contribution in [3.8, 4) is 33.4 Å². The maximum atomic E-state index is 6.47. The van der Waals surface area contributed by atoms with E-state index in [4.69, 9.17) is 4.42 Å². The number of nitrogens with zero attached hydrogens (tertiary/aromatic N) is 1. The van der Waals surface area contributed by atoms with Crippen LogP contribution in [0.5, 0.6) is 0 Å². The van der Waals surface area contributed by atoms with Gasteiger partial charge in [0.15, 0.2) is 0 Å². The largest absolute Gasteiger partial charge is 0.456 e. The average Bonchev–Trinajstić information content (AvgIpc) is 3.64. The molecule has 0 atom stereocenters. The minimum absolute atomic E-state index is 0.863. The van der Waals surface area contributed by atoms with E-state index in [-0.39, 0.29) is 0 Å². The molecule has 262 valence electrons. The normalized spacial score (nSPS) is 11.6. The molecule has 0 aliphatic heterocycles. The second kappa shape index (κ2) is 13.2. The Bertz CT molecular complexity index is 3240. The highest BCUT2D eigenvalue weighted by Gasteiger charge is 2.21. The van der Waals surface area contributed by atoms with Gasteiger partial charge in [0.2, 0.25) is 0 Å². The first-order valence-electron chi connectivity index (χ1n) is 19.2. The Morgan fingerprint density at radius 3 is 1.77 bits per heavy atom. The predicted octanol–water partition coefficient (Wildman–Crippen LogP) is 15.5. The standard InChI is InChI=1S/C54H35NO/c1-2-13-36(14-3-1)44-22-10-16-39-17-11-24-50(54(39)44)47-19-6-8-25-51(47)55(41-32-34-49-48-20-7-9-26-52(48)56-53(49)35-41)40-30-27-38(28-31-40)43-21-12-23-45-42-18-5-4-15-37(42)29-33-46(43)45/h1-35H. The Morgan fingerprint density at radius 1 is 0.304 bits per heavy atom. The molecule has 11 aromatic rings. The van der Waals surface area contributed by atoms with Crippen molar-refractivity contribution in [3.63, 3.8) is 0 Å². The number of fused-ring (bicyclic) bond motifs is 7. The zero-order valence-electron chi connectivity index (χ0n) is 30.6. The minimum Gasteiger partial charge on any atom is -0.456 e. The van der Waals surface area contributed by atoms with Crippen LogP contribution in [0, 0.1) is 0 Å². The lowest BCUT2D eigenvalue weighted by Crippen LogP contribution is -2.11. The van der Waals surface area contributed by atoms with Gasteiger partial charge in [-0.05, 0) is 96.5 Å². The van der Waals surface area contributed by atoms with Crippen LogP contribution < -0.4 is 4.90 Å². The first-order chi connectivity index (χ1) is 27.8. The highest BCUT2D eigenvalue weighted by molar-refractivity contribution is 6.13. The highest BCUT2D eigenvalue weighted by atomic mass is 16.3. The van der Waals surface area contributed by atoms with Gasteiger partial charge in [0, 0.05) is 33.8 Å². The van der Waals surface area contributed by atoms with E-state index in [0.717, 1.165) is 44.6 Å². The number of furan rings is 1. The summed E-state index contributed by atoms with van der Waals surface area (Å²) in [4.78, 5) is 2.38. The lowest BCUT2D eigenvalue weighted by molar-refractivity contribution is 0.669. The minimum atomic E-state index is 0.863. The van der Waals surface area contributed by atoms with E-state index >= 15 is 0 Å². The molecule has 2 heteroatoms. The zero-order chi connectivity index (χ0) is 37.0. The van der Waals surface area contributed by atoms with Crippen molar-refractivity contribution in [1.82, 2.24) is 0 Å². The Hall–Kier alpha value is -7.42. The monoisotopic (exact) mass is 713 g/mol. The third-order valence-electron chi connectivity index (χ3n) is 11.3. The van der Waals surface area contributed by atoms with Crippen LogP contribution in [0.4, 0.5) is 17.1 Å². The van der Waals surface area contributed by atoms with Crippen molar-refractivity contribution in [2.75, 3.05) is 4.90 Å². The fourth-order valence-corrected chi connectivity index (χ4v) is 8.68.